The molecular formula is C18H35NS. The van der Waals surface area contributed by atoms with Crippen molar-refractivity contribution in [1.29, 1.82) is 0 Å². The van der Waals surface area contributed by atoms with Crippen molar-refractivity contribution in [3.63, 3.8) is 0 Å². The summed E-state index contributed by atoms with van der Waals surface area (Å²) in [7, 11) is 0. The Balaban J connectivity index is 2.00. The van der Waals surface area contributed by atoms with Crippen molar-refractivity contribution in [3.8, 4) is 0 Å². The fraction of sp³-hybridized carbons (Fsp3) is 1.00. The maximum atomic E-state index is 4.75. The SMILES string of the molecule is CCCC(CS)(CCC)CN1CCCC1C1CCCC1. The molecule has 2 fully saturated rings. The van der Waals surface area contributed by atoms with E-state index in [1.807, 2.05) is 0 Å². The first-order valence-corrected chi connectivity index (χ1v) is 9.73. The minimum absolute atomic E-state index is 0.480. The van der Waals surface area contributed by atoms with Gasteiger partial charge in [0.25, 0.3) is 0 Å². The lowest BCUT2D eigenvalue weighted by Crippen LogP contribution is -2.44. The van der Waals surface area contributed by atoms with Gasteiger partial charge >= 0.3 is 0 Å². The molecule has 1 aliphatic carbocycles. The van der Waals surface area contributed by atoms with Crippen LogP contribution in [0.1, 0.15) is 78.1 Å². The Morgan fingerprint density at radius 1 is 1.00 bits per heavy atom. The fourth-order valence-electron chi connectivity index (χ4n) is 4.91. The van der Waals surface area contributed by atoms with Crippen LogP contribution in [0.2, 0.25) is 0 Å². The Labute approximate surface area is 132 Å². The Bertz CT molecular complexity index is 267. The maximum Gasteiger partial charge on any atom is 0.0124 e. The Morgan fingerprint density at radius 2 is 1.65 bits per heavy atom. The number of thiol groups is 1. The molecule has 0 spiro atoms. The van der Waals surface area contributed by atoms with Gasteiger partial charge < -0.3 is 0 Å². The molecule has 2 rings (SSSR count). The van der Waals surface area contributed by atoms with Crippen molar-refractivity contribution in [2.24, 2.45) is 11.3 Å². The highest BCUT2D eigenvalue weighted by Gasteiger charge is 2.37. The molecule has 1 heterocycles. The zero-order valence-electron chi connectivity index (χ0n) is 13.7. The zero-order valence-corrected chi connectivity index (χ0v) is 14.6. The first kappa shape index (κ1) is 16.7. The van der Waals surface area contributed by atoms with Gasteiger partial charge in [-0.25, -0.2) is 0 Å². The molecule has 1 aliphatic heterocycles. The van der Waals surface area contributed by atoms with Crippen LogP contribution in [0.5, 0.6) is 0 Å². The van der Waals surface area contributed by atoms with E-state index in [1.54, 1.807) is 0 Å². The second-order valence-electron chi connectivity index (χ2n) is 7.38. The lowest BCUT2D eigenvalue weighted by atomic mass is 9.80. The summed E-state index contributed by atoms with van der Waals surface area (Å²) in [5.41, 5.74) is 0.480. The van der Waals surface area contributed by atoms with Crippen LogP contribution in [0.3, 0.4) is 0 Å². The lowest BCUT2D eigenvalue weighted by molar-refractivity contribution is 0.109. The number of rotatable bonds is 8. The van der Waals surface area contributed by atoms with Crippen molar-refractivity contribution in [2.45, 2.75) is 84.1 Å². The third kappa shape index (κ3) is 3.94. The predicted octanol–water partition coefficient (Wildman–Crippen LogP) is 5.16. The van der Waals surface area contributed by atoms with Crippen LogP contribution < -0.4 is 0 Å². The first-order chi connectivity index (χ1) is 9.74. The normalized spacial score (nSPS) is 25.6. The number of likely N-dealkylation sites (tertiary alicyclic amines) is 1. The molecule has 2 heteroatoms. The third-order valence-electron chi connectivity index (χ3n) is 5.79. The smallest absolute Gasteiger partial charge is 0.0124 e. The molecule has 0 amide bonds. The van der Waals surface area contributed by atoms with Crippen LogP contribution in [0.15, 0.2) is 0 Å². The predicted molar refractivity (Wildman–Crippen MR) is 92.7 cm³/mol. The molecule has 1 nitrogen and oxygen atoms in total. The van der Waals surface area contributed by atoms with E-state index in [0.717, 1.165) is 17.7 Å². The summed E-state index contributed by atoms with van der Waals surface area (Å²) in [6.07, 6.45) is 14.2. The first-order valence-electron chi connectivity index (χ1n) is 9.09. The molecular weight excluding hydrogens is 262 g/mol. The highest BCUT2D eigenvalue weighted by Crippen LogP contribution is 2.39. The summed E-state index contributed by atoms with van der Waals surface area (Å²) in [5, 5.41) is 0. The molecule has 118 valence electrons. The van der Waals surface area contributed by atoms with Gasteiger partial charge in [-0.15, -0.1) is 0 Å². The molecule has 1 saturated heterocycles. The van der Waals surface area contributed by atoms with Gasteiger partial charge in [0.1, 0.15) is 0 Å². The van der Waals surface area contributed by atoms with Crippen LogP contribution in [-0.4, -0.2) is 29.8 Å². The Morgan fingerprint density at radius 3 is 2.20 bits per heavy atom. The molecule has 0 bridgehead atoms. The van der Waals surface area contributed by atoms with E-state index in [1.165, 1.54) is 77.3 Å². The molecule has 2 aliphatic rings. The summed E-state index contributed by atoms with van der Waals surface area (Å²) in [5.74, 6) is 2.08. The summed E-state index contributed by atoms with van der Waals surface area (Å²) in [6, 6.07) is 0.908. The number of nitrogens with zero attached hydrogens (tertiary/aromatic N) is 1. The van der Waals surface area contributed by atoms with Crippen molar-refractivity contribution in [3.05, 3.63) is 0 Å². The van der Waals surface area contributed by atoms with Crippen LogP contribution in [0, 0.1) is 11.3 Å². The summed E-state index contributed by atoms with van der Waals surface area (Å²) in [6.45, 7) is 7.35. The largest absolute Gasteiger partial charge is 0.300 e. The average Bonchev–Trinajstić information content (AvgIpc) is 3.09. The molecule has 1 saturated carbocycles. The minimum Gasteiger partial charge on any atom is -0.300 e. The van der Waals surface area contributed by atoms with E-state index in [2.05, 4.69) is 18.7 Å². The third-order valence-corrected chi connectivity index (χ3v) is 6.46. The van der Waals surface area contributed by atoms with Gasteiger partial charge in [0.05, 0.1) is 0 Å². The van der Waals surface area contributed by atoms with Crippen LogP contribution in [-0.2, 0) is 0 Å². The van der Waals surface area contributed by atoms with Gasteiger partial charge in [-0.1, -0.05) is 39.5 Å². The van der Waals surface area contributed by atoms with Crippen molar-refractivity contribution in [2.75, 3.05) is 18.8 Å². The topological polar surface area (TPSA) is 3.24 Å². The van der Waals surface area contributed by atoms with E-state index in [4.69, 9.17) is 12.6 Å². The number of hydrogen-bond donors (Lipinski definition) is 1. The van der Waals surface area contributed by atoms with E-state index in [0.29, 0.717) is 5.41 Å². The average molecular weight is 298 g/mol. The molecule has 0 aromatic carbocycles. The zero-order chi connectivity index (χ0) is 14.4. The molecule has 0 aromatic rings. The summed E-state index contributed by atoms with van der Waals surface area (Å²) < 4.78 is 0. The van der Waals surface area contributed by atoms with Gasteiger partial charge in [0.15, 0.2) is 0 Å². The monoisotopic (exact) mass is 297 g/mol. The molecule has 1 unspecified atom stereocenters. The van der Waals surface area contributed by atoms with Gasteiger partial charge in [-0.2, -0.15) is 12.6 Å². The van der Waals surface area contributed by atoms with Gasteiger partial charge in [0, 0.05) is 12.6 Å². The molecule has 0 aromatic heterocycles. The van der Waals surface area contributed by atoms with Gasteiger partial charge in [-0.3, -0.25) is 4.90 Å². The van der Waals surface area contributed by atoms with Crippen LogP contribution >= 0.6 is 12.6 Å². The fourth-order valence-corrected chi connectivity index (χ4v) is 5.32. The van der Waals surface area contributed by atoms with E-state index < -0.39 is 0 Å². The van der Waals surface area contributed by atoms with Crippen molar-refractivity contribution >= 4 is 12.6 Å². The van der Waals surface area contributed by atoms with Crippen molar-refractivity contribution < 1.29 is 0 Å². The second kappa shape index (κ2) is 8.08. The molecule has 1 atom stereocenters. The van der Waals surface area contributed by atoms with E-state index >= 15 is 0 Å². The van der Waals surface area contributed by atoms with E-state index in [9.17, 15) is 0 Å². The van der Waals surface area contributed by atoms with Crippen molar-refractivity contribution in [1.82, 2.24) is 4.90 Å². The minimum atomic E-state index is 0.480. The standard InChI is InChI=1S/C18H35NS/c1-3-11-18(15-20,12-4-2)14-19-13-7-10-17(19)16-8-5-6-9-16/h16-17,20H,3-15H2,1-2H3. The highest BCUT2D eigenvalue weighted by atomic mass is 32.1. The summed E-state index contributed by atoms with van der Waals surface area (Å²) >= 11 is 4.75. The molecule has 0 radical (unpaired) electrons. The highest BCUT2D eigenvalue weighted by molar-refractivity contribution is 7.80. The quantitative estimate of drug-likeness (QED) is 0.606. The van der Waals surface area contributed by atoms with Crippen LogP contribution in [0.25, 0.3) is 0 Å². The Hall–Kier alpha value is 0.310. The molecule has 0 N–H and O–H groups in total. The Kier molecular flexibility index (Phi) is 6.74. The van der Waals surface area contributed by atoms with Gasteiger partial charge in [-0.05, 0) is 62.2 Å². The lowest BCUT2D eigenvalue weighted by Gasteiger charge is -2.40. The van der Waals surface area contributed by atoms with E-state index in [-0.39, 0.29) is 0 Å². The number of hydrogen-bond acceptors (Lipinski definition) is 2. The summed E-state index contributed by atoms with van der Waals surface area (Å²) in [4.78, 5) is 2.87. The second-order valence-corrected chi connectivity index (χ2v) is 7.70. The molecule has 20 heavy (non-hydrogen) atoms. The van der Waals surface area contributed by atoms with Crippen LogP contribution in [0.4, 0.5) is 0 Å². The maximum absolute atomic E-state index is 4.75. The van der Waals surface area contributed by atoms with Gasteiger partial charge in [0.2, 0.25) is 0 Å².